The molecule has 0 bridgehead atoms. The van der Waals surface area contributed by atoms with Gasteiger partial charge < -0.3 is 14.2 Å². The van der Waals surface area contributed by atoms with Crippen LogP contribution < -0.4 is 18.9 Å². The number of ether oxygens (including phenoxy) is 3. The maximum absolute atomic E-state index is 12.9. The van der Waals surface area contributed by atoms with Crippen LogP contribution in [0, 0.1) is 0 Å². The largest absolute Gasteiger partial charge is 0.495 e. The third kappa shape index (κ3) is 4.50. The van der Waals surface area contributed by atoms with Crippen molar-refractivity contribution in [3.8, 4) is 17.2 Å². The van der Waals surface area contributed by atoms with Gasteiger partial charge in [0, 0.05) is 16.6 Å². The molecule has 0 heterocycles. The Balaban J connectivity index is 2.51. The Kier molecular flexibility index (Phi) is 6.42. The van der Waals surface area contributed by atoms with E-state index in [1.54, 1.807) is 19.1 Å². The zero-order valence-corrected chi connectivity index (χ0v) is 17.0. The van der Waals surface area contributed by atoms with Crippen LogP contribution in [0.4, 0.5) is 5.69 Å². The summed E-state index contributed by atoms with van der Waals surface area (Å²) in [5, 5.41) is 0.305. The van der Waals surface area contributed by atoms with Gasteiger partial charge in [-0.3, -0.25) is 4.72 Å². The van der Waals surface area contributed by atoms with Crippen molar-refractivity contribution < 1.29 is 22.6 Å². The van der Waals surface area contributed by atoms with Crippen LogP contribution in [0.2, 0.25) is 5.02 Å². The number of benzene rings is 2. The molecule has 0 aliphatic heterocycles. The molecule has 2 aromatic carbocycles. The van der Waals surface area contributed by atoms with E-state index >= 15 is 0 Å². The van der Waals surface area contributed by atoms with E-state index in [4.69, 9.17) is 25.8 Å². The predicted molar refractivity (Wildman–Crippen MR) is 101 cm³/mol. The Labute approximate surface area is 160 Å². The summed E-state index contributed by atoms with van der Waals surface area (Å²) in [7, 11) is -1.09. The van der Waals surface area contributed by atoms with E-state index in [0.29, 0.717) is 21.9 Å². The van der Waals surface area contributed by atoms with Crippen molar-refractivity contribution in [1.82, 2.24) is 0 Å². The van der Waals surface area contributed by atoms with Crippen molar-refractivity contribution in [2.45, 2.75) is 11.8 Å². The summed E-state index contributed by atoms with van der Waals surface area (Å²) >= 11 is 9.32. The average Bonchev–Trinajstić information content (AvgIpc) is 2.57. The van der Waals surface area contributed by atoms with E-state index in [2.05, 4.69) is 20.7 Å². The van der Waals surface area contributed by atoms with Crippen LogP contribution in [0.3, 0.4) is 0 Å². The molecular formula is C16H17BrClNO5S. The van der Waals surface area contributed by atoms with Crippen LogP contribution >= 0.6 is 27.5 Å². The molecule has 6 nitrogen and oxygen atoms in total. The topological polar surface area (TPSA) is 73.9 Å². The van der Waals surface area contributed by atoms with Gasteiger partial charge in [0.15, 0.2) is 0 Å². The molecule has 0 amide bonds. The first kappa shape index (κ1) is 19.7. The van der Waals surface area contributed by atoms with E-state index in [1.807, 2.05) is 0 Å². The smallest absolute Gasteiger partial charge is 0.265 e. The van der Waals surface area contributed by atoms with Gasteiger partial charge in [-0.15, -0.1) is 0 Å². The fraction of sp³-hybridized carbons (Fsp3) is 0.250. The van der Waals surface area contributed by atoms with Crippen LogP contribution in [0.25, 0.3) is 0 Å². The Bertz CT molecular complexity index is 873. The predicted octanol–water partition coefficient (Wildman–Crippen LogP) is 4.32. The van der Waals surface area contributed by atoms with Crippen molar-refractivity contribution in [1.29, 1.82) is 0 Å². The van der Waals surface area contributed by atoms with Gasteiger partial charge in [-0.1, -0.05) is 27.5 Å². The first-order valence-corrected chi connectivity index (χ1v) is 9.84. The highest BCUT2D eigenvalue weighted by molar-refractivity contribution is 9.10. The molecule has 0 saturated heterocycles. The number of nitrogens with one attached hydrogen (secondary N) is 1. The normalized spacial score (nSPS) is 11.1. The molecule has 0 unspecified atom stereocenters. The lowest BCUT2D eigenvalue weighted by atomic mass is 10.3. The summed E-state index contributed by atoms with van der Waals surface area (Å²) in [5.74, 6) is 0.833. The van der Waals surface area contributed by atoms with E-state index < -0.39 is 10.0 Å². The molecule has 0 spiro atoms. The highest BCUT2D eigenvalue weighted by atomic mass is 79.9. The van der Waals surface area contributed by atoms with Crippen LogP contribution in [-0.4, -0.2) is 29.2 Å². The summed E-state index contributed by atoms with van der Waals surface area (Å²) in [6.07, 6.45) is 0. The Morgan fingerprint density at radius 1 is 1.08 bits per heavy atom. The molecule has 0 atom stereocenters. The van der Waals surface area contributed by atoms with E-state index in [-0.39, 0.29) is 22.1 Å². The van der Waals surface area contributed by atoms with E-state index in [0.717, 1.165) is 0 Å². The van der Waals surface area contributed by atoms with Gasteiger partial charge in [0.25, 0.3) is 10.0 Å². The molecule has 2 rings (SSSR count). The van der Waals surface area contributed by atoms with Crippen molar-refractivity contribution in [2.75, 3.05) is 25.5 Å². The molecule has 0 aliphatic carbocycles. The minimum atomic E-state index is -3.94. The number of hydrogen-bond donors (Lipinski definition) is 1. The fourth-order valence-electron chi connectivity index (χ4n) is 2.11. The van der Waals surface area contributed by atoms with Crippen molar-refractivity contribution in [3.63, 3.8) is 0 Å². The minimum Gasteiger partial charge on any atom is -0.495 e. The Morgan fingerprint density at radius 3 is 2.36 bits per heavy atom. The van der Waals surface area contributed by atoms with Crippen LogP contribution in [0.1, 0.15) is 6.92 Å². The number of rotatable bonds is 7. The Hall–Kier alpha value is -1.64. The quantitative estimate of drug-likeness (QED) is 0.680. The summed E-state index contributed by atoms with van der Waals surface area (Å²) in [4.78, 5) is -0.000283. The molecular weight excluding hydrogens is 434 g/mol. The second-order valence-corrected chi connectivity index (χ2v) is 7.79. The summed E-state index contributed by atoms with van der Waals surface area (Å²) < 4.78 is 44.6. The van der Waals surface area contributed by atoms with E-state index in [1.165, 1.54) is 32.4 Å². The second-order valence-electron chi connectivity index (χ2n) is 4.82. The first-order chi connectivity index (χ1) is 11.8. The van der Waals surface area contributed by atoms with Crippen LogP contribution in [-0.2, 0) is 10.0 Å². The van der Waals surface area contributed by atoms with Crippen molar-refractivity contribution in [2.24, 2.45) is 0 Å². The fourth-order valence-corrected chi connectivity index (χ4v) is 4.08. The molecule has 0 radical (unpaired) electrons. The molecule has 136 valence electrons. The summed E-state index contributed by atoms with van der Waals surface area (Å²) in [6, 6.07) is 7.68. The summed E-state index contributed by atoms with van der Waals surface area (Å²) in [5.41, 5.74) is 0.200. The number of methoxy groups -OCH3 is 2. The SMILES string of the molecule is CCOc1ccc(Br)cc1S(=O)(=O)Nc1cc(OC)c(Cl)cc1OC. The second kappa shape index (κ2) is 8.16. The van der Waals surface area contributed by atoms with Gasteiger partial charge in [0.1, 0.15) is 22.1 Å². The molecule has 25 heavy (non-hydrogen) atoms. The van der Waals surface area contributed by atoms with Crippen molar-refractivity contribution in [3.05, 3.63) is 39.8 Å². The number of halogens is 2. The molecule has 0 saturated carbocycles. The number of hydrogen-bond acceptors (Lipinski definition) is 5. The van der Waals surface area contributed by atoms with Gasteiger partial charge in [0.05, 0.1) is 31.5 Å². The average molecular weight is 451 g/mol. The maximum Gasteiger partial charge on any atom is 0.265 e. The van der Waals surface area contributed by atoms with Gasteiger partial charge in [0.2, 0.25) is 0 Å². The molecule has 1 N–H and O–H groups in total. The van der Waals surface area contributed by atoms with E-state index in [9.17, 15) is 8.42 Å². The van der Waals surface area contributed by atoms with Crippen LogP contribution in [0.5, 0.6) is 17.2 Å². The highest BCUT2D eigenvalue weighted by Crippen LogP contribution is 2.38. The molecule has 0 aliphatic rings. The molecule has 0 aromatic heterocycles. The molecule has 9 heteroatoms. The van der Waals surface area contributed by atoms with Gasteiger partial charge in [-0.25, -0.2) is 8.42 Å². The van der Waals surface area contributed by atoms with Gasteiger partial charge >= 0.3 is 0 Å². The molecule has 2 aromatic rings. The highest BCUT2D eigenvalue weighted by Gasteiger charge is 2.23. The third-order valence-corrected chi connectivity index (χ3v) is 5.39. The van der Waals surface area contributed by atoms with Gasteiger partial charge in [-0.2, -0.15) is 0 Å². The zero-order chi connectivity index (χ0) is 18.6. The lowest BCUT2D eigenvalue weighted by Crippen LogP contribution is -2.15. The first-order valence-electron chi connectivity index (χ1n) is 7.19. The summed E-state index contributed by atoms with van der Waals surface area (Å²) in [6.45, 7) is 2.11. The lowest BCUT2D eigenvalue weighted by Gasteiger charge is -2.16. The maximum atomic E-state index is 12.9. The molecule has 0 fully saturated rings. The van der Waals surface area contributed by atoms with Crippen LogP contribution in [0.15, 0.2) is 39.7 Å². The third-order valence-electron chi connectivity index (χ3n) is 3.21. The van der Waals surface area contributed by atoms with Crippen molar-refractivity contribution >= 4 is 43.2 Å². The minimum absolute atomic E-state index is 0.000283. The lowest BCUT2D eigenvalue weighted by molar-refractivity contribution is 0.331. The number of anilines is 1. The monoisotopic (exact) mass is 449 g/mol. The van der Waals surface area contributed by atoms with Gasteiger partial charge in [-0.05, 0) is 25.1 Å². The Morgan fingerprint density at radius 2 is 1.76 bits per heavy atom. The standard InChI is InChI=1S/C16H17BrClNO5S/c1-4-24-13-6-5-10(17)7-16(13)25(20,21)19-12-9-14(22-2)11(18)8-15(12)23-3/h5-9,19H,4H2,1-3H3. The zero-order valence-electron chi connectivity index (χ0n) is 13.8. The number of sulfonamides is 1.